The number of ether oxygens (including phenoxy) is 1. The number of rotatable bonds is 7. The van der Waals surface area contributed by atoms with Gasteiger partial charge in [-0.15, -0.1) is 35.3 Å². The normalized spacial score (nSPS) is 18.7. The lowest BCUT2D eigenvalue weighted by molar-refractivity contribution is -0.142. The van der Waals surface area contributed by atoms with Crippen molar-refractivity contribution in [2.24, 2.45) is 0 Å². The van der Waals surface area contributed by atoms with Crippen molar-refractivity contribution in [3.63, 3.8) is 0 Å². The molecule has 0 fully saturated rings. The molecule has 158 valence electrons. The van der Waals surface area contributed by atoms with Crippen LogP contribution in [-0.4, -0.2) is 49.3 Å². The average molecular weight is 452 g/mol. The third-order valence-corrected chi connectivity index (χ3v) is 9.73. The molecule has 0 spiro atoms. The third kappa shape index (κ3) is 7.11. The molecule has 0 N–H and O–H groups in total. The second kappa shape index (κ2) is 8.77. The smallest absolute Gasteiger partial charge is 0.361 e. The second-order valence-electron chi connectivity index (χ2n) is 10.0. The number of thioether (sulfide) groups is 3. The van der Waals surface area contributed by atoms with Gasteiger partial charge in [-0.1, -0.05) is 62.3 Å². The molecule has 6 heteroatoms. The maximum Gasteiger partial charge on any atom is 0.361 e. The van der Waals surface area contributed by atoms with Crippen LogP contribution in [0.15, 0.2) is 9.81 Å². The van der Waals surface area contributed by atoms with E-state index in [1.54, 1.807) is 0 Å². The third-order valence-electron chi connectivity index (χ3n) is 3.44. The van der Waals surface area contributed by atoms with Crippen LogP contribution in [0.25, 0.3) is 0 Å². The van der Waals surface area contributed by atoms with Crippen molar-refractivity contribution in [1.29, 1.82) is 0 Å². The van der Waals surface area contributed by atoms with Crippen molar-refractivity contribution >= 4 is 52.1 Å². The molecule has 0 aromatic heterocycles. The van der Waals surface area contributed by atoms with Gasteiger partial charge >= 0.3 is 5.97 Å². The Morgan fingerprint density at radius 2 is 1.33 bits per heavy atom. The molecular formula is C21H39O2S4+. The molecule has 0 radical (unpaired) electrons. The summed E-state index contributed by atoms with van der Waals surface area (Å²) < 4.78 is 5.60. The highest BCUT2D eigenvalue weighted by Crippen LogP contribution is 2.71. The Hall–Kier alpha value is 0.610. The molecular weight excluding hydrogens is 412 g/mol. The Morgan fingerprint density at radius 1 is 0.926 bits per heavy atom. The number of carbonyl (C=O) groups is 1. The first-order chi connectivity index (χ1) is 11.9. The minimum absolute atomic E-state index is 0.0425. The maximum atomic E-state index is 13.1. The predicted molar refractivity (Wildman–Crippen MR) is 131 cm³/mol. The lowest BCUT2D eigenvalue weighted by Gasteiger charge is -2.33. The van der Waals surface area contributed by atoms with Crippen LogP contribution in [0.3, 0.4) is 0 Å². The van der Waals surface area contributed by atoms with E-state index in [4.69, 9.17) is 4.74 Å². The first kappa shape index (κ1) is 25.6. The molecule has 1 atom stereocenters. The molecule has 2 nitrogen and oxygen atoms in total. The van der Waals surface area contributed by atoms with Gasteiger partial charge in [0.15, 0.2) is 0 Å². The zero-order valence-electron chi connectivity index (χ0n) is 19.2. The zero-order chi connectivity index (χ0) is 21.4. The fourth-order valence-corrected chi connectivity index (χ4v) is 9.91. The van der Waals surface area contributed by atoms with Gasteiger partial charge in [-0.05, 0) is 17.8 Å². The number of hydrogen-bond donors (Lipinski definition) is 0. The Labute approximate surface area is 183 Å². The minimum atomic E-state index is -0.243. The van der Waals surface area contributed by atoms with Crippen LogP contribution in [-0.2, 0) is 20.4 Å². The quantitative estimate of drug-likeness (QED) is 0.332. The Bertz CT molecular complexity index is 548. The first-order valence-corrected chi connectivity index (χ1v) is 14.1. The highest BCUT2D eigenvalue weighted by molar-refractivity contribution is 8.14. The maximum absolute atomic E-state index is 13.1. The van der Waals surface area contributed by atoms with Crippen LogP contribution in [0.5, 0.6) is 0 Å². The lowest BCUT2D eigenvalue weighted by Crippen LogP contribution is -2.46. The Morgan fingerprint density at radius 3 is 1.59 bits per heavy atom. The predicted octanol–water partition coefficient (Wildman–Crippen LogP) is 6.36. The summed E-state index contributed by atoms with van der Waals surface area (Å²) in [5, 5.41) is -0.128. The fraction of sp³-hybridized carbons (Fsp3) is 0.857. The van der Waals surface area contributed by atoms with Crippen LogP contribution >= 0.6 is 35.3 Å². The van der Waals surface area contributed by atoms with E-state index in [-0.39, 0.29) is 41.1 Å². The van der Waals surface area contributed by atoms with Gasteiger partial charge in [-0.25, -0.2) is 4.79 Å². The van der Waals surface area contributed by atoms with Crippen molar-refractivity contribution in [2.75, 3.05) is 19.1 Å². The summed E-state index contributed by atoms with van der Waals surface area (Å²) in [6, 6.07) is 0. The van der Waals surface area contributed by atoms with Gasteiger partial charge in [-0.3, -0.25) is 0 Å². The average Bonchev–Trinajstić information content (AvgIpc) is 2.88. The molecule has 1 aliphatic carbocycles. The molecule has 0 amide bonds. The van der Waals surface area contributed by atoms with Crippen LogP contribution in [0.4, 0.5) is 0 Å². The Kier molecular flexibility index (Phi) is 8.33. The minimum Gasteiger partial charge on any atom is -0.462 e. The van der Waals surface area contributed by atoms with Crippen LogP contribution in [0.1, 0.15) is 69.2 Å². The fourth-order valence-electron chi connectivity index (χ4n) is 2.87. The van der Waals surface area contributed by atoms with E-state index in [0.29, 0.717) is 6.61 Å². The zero-order valence-corrected chi connectivity index (χ0v) is 22.5. The van der Waals surface area contributed by atoms with Crippen LogP contribution < -0.4 is 0 Å². The molecule has 27 heavy (non-hydrogen) atoms. The van der Waals surface area contributed by atoms with E-state index in [2.05, 4.69) is 74.8 Å². The highest BCUT2D eigenvalue weighted by atomic mass is 32.2. The molecule has 0 saturated carbocycles. The van der Waals surface area contributed by atoms with Crippen molar-refractivity contribution in [2.45, 2.75) is 93.5 Å². The lowest BCUT2D eigenvalue weighted by atomic mass is 10.2. The summed E-state index contributed by atoms with van der Waals surface area (Å²) in [7, 11) is -0.0884. The molecule has 1 rings (SSSR count). The first-order valence-electron chi connectivity index (χ1n) is 9.51. The second-order valence-corrected chi connectivity index (χ2v) is 18.0. The summed E-state index contributed by atoms with van der Waals surface area (Å²) in [5.41, 5.74) is 0. The van der Waals surface area contributed by atoms with Gasteiger partial charge in [-0.2, -0.15) is 0 Å². The molecule has 0 saturated heterocycles. The van der Waals surface area contributed by atoms with Gasteiger partial charge in [0.2, 0.25) is 5.25 Å². The van der Waals surface area contributed by atoms with Gasteiger partial charge in [0.25, 0.3) is 0 Å². The van der Waals surface area contributed by atoms with E-state index in [9.17, 15) is 4.79 Å². The Balaban J connectivity index is 3.50. The summed E-state index contributed by atoms with van der Waals surface area (Å²) >= 11 is 5.82. The van der Waals surface area contributed by atoms with Gasteiger partial charge in [0.1, 0.15) is 4.75 Å². The summed E-state index contributed by atoms with van der Waals surface area (Å²) in [6.07, 6.45) is 4.37. The summed E-state index contributed by atoms with van der Waals surface area (Å²) in [5.74, 6) is -0.0425. The molecule has 0 aliphatic heterocycles. The number of carbonyl (C=O) groups excluding carboxylic acids is 1. The highest BCUT2D eigenvalue weighted by Gasteiger charge is 2.69. The largest absolute Gasteiger partial charge is 0.462 e. The van der Waals surface area contributed by atoms with E-state index >= 15 is 0 Å². The number of esters is 1. The monoisotopic (exact) mass is 451 g/mol. The molecule has 0 heterocycles. The van der Waals surface area contributed by atoms with Crippen LogP contribution in [0.2, 0.25) is 0 Å². The molecule has 1 aliphatic rings. The molecule has 0 aromatic rings. The van der Waals surface area contributed by atoms with Crippen molar-refractivity contribution in [1.82, 2.24) is 0 Å². The standard InChI is InChI=1S/C21H39O2S4/c1-13-23-17(22)16(27(11)12)21(26-20(8,9)10)14(24-18(2,3)4)15(21)25-19(5,6)7/h16H,13H2,1-12H3/q+1. The molecule has 1 unspecified atom stereocenters. The van der Waals surface area contributed by atoms with Crippen LogP contribution in [0, 0.1) is 0 Å². The van der Waals surface area contributed by atoms with E-state index < -0.39 is 0 Å². The summed E-state index contributed by atoms with van der Waals surface area (Å²) in [6.45, 7) is 22.6. The topological polar surface area (TPSA) is 26.3 Å². The van der Waals surface area contributed by atoms with E-state index in [0.717, 1.165) is 0 Å². The van der Waals surface area contributed by atoms with Gasteiger partial charge < -0.3 is 4.74 Å². The van der Waals surface area contributed by atoms with E-state index in [1.165, 1.54) is 9.81 Å². The van der Waals surface area contributed by atoms with E-state index in [1.807, 2.05) is 42.2 Å². The van der Waals surface area contributed by atoms with Crippen molar-refractivity contribution < 1.29 is 9.53 Å². The van der Waals surface area contributed by atoms with Crippen molar-refractivity contribution in [3.05, 3.63) is 9.81 Å². The van der Waals surface area contributed by atoms with Gasteiger partial charge in [0, 0.05) is 24.1 Å². The molecule has 0 aromatic carbocycles. The SMILES string of the molecule is CCOC(=O)C([S+](C)C)C1(SC(C)(C)C)C(SC(C)(C)C)=C1SC(C)(C)C. The van der Waals surface area contributed by atoms with Crippen molar-refractivity contribution in [3.8, 4) is 0 Å². The molecule has 0 bridgehead atoms. The summed E-state index contributed by atoms with van der Waals surface area (Å²) in [4.78, 5) is 15.9. The van der Waals surface area contributed by atoms with Gasteiger partial charge in [0.05, 0.1) is 19.1 Å². The number of hydrogen-bond acceptors (Lipinski definition) is 5.